The van der Waals surface area contributed by atoms with E-state index in [2.05, 4.69) is 12.1 Å². The van der Waals surface area contributed by atoms with Gasteiger partial charge in [0.15, 0.2) is 6.10 Å². The second kappa shape index (κ2) is 6.10. The first-order chi connectivity index (χ1) is 8.76. The van der Waals surface area contributed by atoms with Crippen LogP contribution < -0.4 is 0 Å². The van der Waals surface area contributed by atoms with Crippen LogP contribution in [0.15, 0.2) is 41.0 Å². The number of ketones is 1. The fraction of sp³-hybridized carbons (Fsp3) is 0.400. The van der Waals surface area contributed by atoms with Gasteiger partial charge >= 0.3 is 0 Å². The third-order valence-electron chi connectivity index (χ3n) is 2.97. The summed E-state index contributed by atoms with van der Waals surface area (Å²) in [4.78, 5) is 13.0. The van der Waals surface area contributed by atoms with Gasteiger partial charge < -0.3 is 4.74 Å². The van der Waals surface area contributed by atoms with E-state index in [0.717, 1.165) is 29.3 Å². The summed E-state index contributed by atoms with van der Waals surface area (Å²) in [5.41, 5.74) is 1.23. The molecule has 96 valence electrons. The SMILES string of the molecule is CCC1=C(SCc2ccccc2)C(=O)C(CC)O1. The minimum absolute atomic E-state index is 0.162. The number of ether oxygens (including phenoxy) is 1. The lowest BCUT2D eigenvalue weighted by molar-refractivity contribution is -0.120. The van der Waals surface area contributed by atoms with E-state index in [4.69, 9.17) is 4.74 Å². The van der Waals surface area contributed by atoms with Gasteiger partial charge in [0.2, 0.25) is 5.78 Å². The Morgan fingerprint density at radius 3 is 2.56 bits per heavy atom. The monoisotopic (exact) mass is 262 g/mol. The lowest BCUT2D eigenvalue weighted by Gasteiger charge is -2.06. The van der Waals surface area contributed by atoms with Crippen molar-refractivity contribution < 1.29 is 9.53 Å². The van der Waals surface area contributed by atoms with Crippen LogP contribution in [-0.2, 0) is 15.3 Å². The zero-order chi connectivity index (χ0) is 13.0. The summed E-state index contributed by atoms with van der Waals surface area (Å²) in [6.07, 6.45) is 1.29. The molecule has 1 aromatic rings. The van der Waals surface area contributed by atoms with Crippen LogP contribution in [0.5, 0.6) is 0 Å². The van der Waals surface area contributed by atoms with Crippen molar-refractivity contribution in [2.45, 2.75) is 38.5 Å². The molecule has 0 bridgehead atoms. The highest BCUT2D eigenvalue weighted by Gasteiger charge is 2.32. The molecule has 0 saturated carbocycles. The van der Waals surface area contributed by atoms with Gasteiger partial charge in [0.25, 0.3) is 0 Å². The molecule has 1 aromatic carbocycles. The quantitative estimate of drug-likeness (QED) is 0.804. The molecular weight excluding hydrogens is 244 g/mol. The number of carbonyl (C=O) groups is 1. The largest absolute Gasteiger partial charge is 0.485 e. The average molecular weight is 262 g/mol. The van der Waals surface area contributed by atoms with Crippen LogP contribution >= 0.6 is 11.8 Å². The Kier molecular flexibility index (Phi) is 4.48. The second-order valence-electron chi connectivity index (χ2n) is 4.26. The maximum Gasteiger partial charge on any atom is 0.212 e. The maximum absolute atomic E-state index is 12.1. The zero-order valence-electron chi connectivity index (χ0n) is 10.8. The van der Waals surface area contributed by atoms with Gasteiger partial charge in [-0.25, -0.2) is 0 Å². The van der Waals surface area contributed by atoms with Crippen LogP contribution in [0.1, 0.15) is 32.3 Å². The first kappa shape index (κ1) is 13.2. The molecule has 0 aliphatic carbocycles. The Labute approximate surface area is 112 Å². The average Bonchev–Trinajstić information content (AvgIpc) is 2.73. The summed E-state index contributed by atoms with van der Waals surface area (Å²) in [6, 6.07) is 10.2. The van der Waals surface area contributed by atoms with Gasteiger partial charge in [-0.15, -0.1) is 11.8 Å². The fourth-order valence-electron chi connectivity index (χ4n) is 1.96. The molecule has 0 fully saturated rings. The second-order valence-corrected chi connectivity index (χ2v) is 5.24. The molecule has 0 radical (unpaired) electrons. The minimum Gasteiger partial charge on any atom is -0.485 e. The molecule has 1 aliphatic rings. The van der Waals surface area contributed by atoms with E-state index < -0.39 is 0 Å². The van der Waals surface area contributed by atoms with Gasteiger partial charge in [-0.2, -0.15) is 0 Å². The highest BCUT2D eigenvalue weighted by Crippen LogP contribution is 2.35. The molecule has 0 amide bonds. The summed E-state index contributed by atoms with van der Waals surface area (Å²) in [5.74, 6) is 1.86. The molecule has 2 nitrogen and oxygen atoms in total. The van der Waals surface area contributed by atoms with Gasteiger partial charge in [-0.3, -0.25) is 4.79 Å². The summed E-state index contributed by atoms with van der Waals surface area (Å²) >= 11 is 1.60. The van der Waals surface area contributed by atoms with Crippen LogP contribution in [0.3, 0.4) is 0 Å². The molecule has 18 heavy (non-hydrogen) atoms. The smallest absolute Gasteiger partial charge is 0.212 e. The summed E-state index contributed by atoms with van der Waals surface area (Å²) < 4.78 is 5.68. The van der Waals surface area contributed by atoms with E-state index in [1.54, 1.807) is 11.8 Å². The number of hydrogen-bond acceptors (Lipinski definition) is 3. The van der Waals surface area contributed by atoms with Crippen molar-refractivity contribution in [3.8, 4) is 0 Å². The molecule has 0 N–H and O–H groups in total. The van der Waals surface area contributed by atoms with E-state index in [9.17, 15) is 4.79 Å². The number of hydrogen-bond donors (Lipinski definition) is 0. The highest BCUT2D eigenvalue weighted by molar-refractivity contribution is 8.03. The zero-order valence-corrected chi connectivity index (χ0v) is 11.6. The minimum atomic E-state index is -0.252. The normalized spacial score (nSPS) is 19.2. The van der Waals surface area contributed by atoms with Crippen LogP contribution in [0, 0.1) is 0 Å². The van der Waals surface area contributed by atoms with Crippen molar-refractivity contribution in [1.29, 1.82) is 0 Å². The van der Waals surface area contributed by atoms with E-state index in [0.29, 0.717) is 0 Å². The molecule has 0 spiro atoms. The standard InChI is InChI=1S/C15H18O2S/c1-3-12-14(16)15(13(4-2)17-12)18-10-11-8-6-5-7-9-11/h5-9,12H,3-4,10H2,1-2H3. The Hall–Kier alpha value is -1.22. The molecule has 1 atom stereocenters. The number of carbonyl (C=O) groups excluding carboxylic acids is 1. The number of Topliss-reactive ketones (excluding diaryl/α,β-unsaturated/α-hetero) is 1. The van der Waals surface area contributed by atoms with Gasteiger partial charge in [0, 0.05) is 12.2 Å². The number of benzene rings is 1. The van der Waals surface area contributed by atoms with Crippen molar-refractivity contribution in [2.24, 2.45) is 0 Å². The van der Waals surface area contributed by atoms with Crippen LogP contribution in [0.25, 0.3) is 0 Å². The molecule has 0 saturated heterocycles. The molecule has 1 aliphatic heterocycles. The van der Waals surface area contributed by atoms with Gasteiger partial charge in [-0.05, 0) is 12.0 Å². The first-order valence-electron chi connectivity index (χ1n) is 6.37. The molecular formula is C15H18O2S. The maximum atomic E-state index is 12.1. The Balaban J connectivity index is 2.05. The van der Waals surface area contributed by atoms with Gasteiger partial charge in [0.05, 0.1) is 4.91 Å². The third kappa shape index (κ3) is 2.78. The third-order valence-corrected chi connectivity index (χ3v) is 4.17. The van der Waals surface area contributed by atoms with Crippen molar-refractivity contribution in [2.75, 3.05) is 0 Å². The van der Waals surface area contributed by atoms with Crippen LogP contribution in [0.2, 0.25) is 0 Å². The fourth-order valence-corrected chi connectivity index (χ4v) is 3.09. The van der Waals surface area contributed by atoms with Gasteiger partial charge in [0.1, 0.15) is 5.76 Å². The first-order valence-corrected chi connectivity index (χ1v) is 7.35. The summed E-state index contributed by atoms with van der Waals surface area (Å²) in [5, 5.41) is 0. The topological polar surface area (TPSA) is 26.3 Å². The molecule has 0 aromatic heterocycles. The Morgan fingerprint density at radius 1 is 1.22 bits per heavy atom. The van der Waals surface area contributed by atoms with E-state index in [-0.39, 0.29) is 11.9 Å². The van der Waals surface area contributed by atoms with E-state index in [1.807, 2.05) is 32.0 Å². The van der Waals surface area contributed by atoms with E-state index >= 15 is 0 Å². The van der Waals surface area contributed by atoms with Crippen LogP contribution in [-0.4, -0.2) is 11.9 Å². The summed E-state index contributed by atoms with van der Waals surface area (Å²) in [7, 11) is 0. The van der Waals surface area contributed by atoms with Crippen LogP contribution in [0.4, 0.5) is 0 Å². The molecule has 1 heterocycles. The Bertz CT molecular complexity index is 451. The van der Waals surface area contributed by atoms with E-state index in [1.165, 1.54) is 5.56 Å². The Morgan fingerprint density at radius 2 is 1.94 bits per heavy atom. The lowest BCUT2D eigenvalue weighted by atomic mass is 10.2. The predicted octanol–water partition coefficient (Wildman–Crippen LogP) is 3.92. The molecule has 3 heteroatoms. The number of rotatable bonds is 5. The lowest BCUT2D eigenvalue weighted by Crippen LogP contribution is -2.16. The summed E-state index contributed by atoms with van der Waals surface area (Å²) in [6.45, 7) is 4.02. The number of allylic oxidation sites excluding steroid dienone is 1. The van der Waals surface area contributed by atoms with Crippen molar-refractivity contribution in [3.63, 3.8) is 0 Å². The molecule has 1 unspecified atom stereocenters. The van der Waals surface area contributed by atoms with Crippen molar-refractivity contribution >= 4 is 17.5 Å². The number of thioether (sulfide) groups is 1. The highest BCUT2D eigenvalue weighted by atomic mass is 32.2. The predicted molar refractivity (Wildman–Crippen MR) is 75.2 cm³/mol. The molecule has 2 rings (SSSR count). The van der Waals surface area contributed by atoms with Crippen molar-refractivity contribution in [1.82, 2.24) is 0 Å². The van der Waals surface area contributed by atoms with Gasteiger partial charge in [-0.1, -0.05) is 44.2 Å². The van der Waals surface area contributed by atoms with Crippen molar-refractivity contribution in [3.05, 3.63) is 46.6 Å².